The summed E-state index contributed by atoms with van der Waals surface area (Å²) in [6, 6.07) is 11.0. The van der Waals surface area contributed by atoms with Crippen molar-refractivity contribution in [3.05, 3.63) is 76.1 Å². The van der Waals surface area contributed by atoms with Crippen molar-refractivity contribution in [2.24, 2.45) is 5.16 Å². The molecule has 0 bridgehead atoms. The van der Waals surface area contributed by atoms with Gasteiger partial charge in [0, 0.05) is 22.7 Å². The van der Waals surface area contributed by atoms with Crippen molar-refractivity contribution < 1.29 is 18.0 Å². The third-order valence-corrected chi connectivity index (χ3v) is 4.19. The van der Waals surface area contributed by atoms with Crippen LogP contribution in [0.25, 0.3) is 27.8 Å². The maximum Gasteiger partial charge on any atom is 0.416 e. The van der Waals surface area contributed by atoms with Crippen LogP contribution >= 0.6 is 0 Å². The number of pyridine rings is 1. The van der Waals surface area contributed by atoms with Gasteiger partial charge >= 0.3 is 6.18 Å². The highest BCUT2D eigenvalue weighted by Crippen LogP contribution is 2.36. The van der Waals surface area contributed by atoms with Gasteiger partial charge in [0.25, 0.3) is 5.56 Å². The minimum Gasteiger partial charge on any atom is -0.357 e. The number of aromatic nitrogens is 1. The number of aromatic amines is 1. The second kappa shape index (κ2) is 12.2. The number of hydrogen-bond donors (Lipinski definition) is 1. The summed E-state index contributed by atoms with van der Waals surface area (Å²) >= 11 is 0. The van der Waals surface area contributed by atoms with E-state index < -0.39 is 17.3 Å². The largest absolute Gasteiger partial charge is 0.416 e. The minimum atomic E-state index is -4.49. The summed E-state index contributed by atoms with van der Waals surface area (Å²) in [6.07, 6.45) is -3.14. The first-order valence-corrected chi connectivity index (χ1v) is 10.4. The lowest BCUT2D eigenvalue weighted by Gasteiger charge is -2.14. The van der Waals surface area contributed by atoms with Crippen molar-refractivity contribution >= 4 is 22.9 Å². The van der Waals surface area contributed by atoms with E-state index >= 15 is 0 Å². The van der Waals surface area contributed by atoms with E-state index in [1.807, 2.05) is 33.8 Å². The van der Waals surface area contributed by atoms with Crippen LogP contribution in [0, 0.1) is 11.3 Å². The number of halogens is 3. The Morgan fingerprint density at radius 3 is 2.24 bits per heavy atom. The van der Waals surface area contributed by atoms with Crippen LogP contribution in [0.5, 0.6) is 0 Å². The highest BCUT2D eigenvalue weighted by Gasteiger charge is 2.30. The molecule has 5 nitrogen and oxygen atoms in total. The normalized spacial score (nSPS) is 10.5. The molecule has 0 aliphatic heterocycles. The summed E-state index contributed by atoms with van der Waals surface area (Å²) in [5.74, 6) is -0.0801. The van der Waals surface area contributed by atoms with E-state index in [0.29, 0.717) is 27.6 Å². The maximum absolute atomic E-state index is 12.9. The molecule has 0 unspecified atom stereocenters. The summed E-state index contributed by atoms with van der Waals surface area (Å²) in [5.41, 5.74) is 0.0168. The van der Waals surface area contributed by atoms with Crippen molar-refractivity contribution in [2.45, 2.75) is 40.8 Å². The molecule has 0 atom stereocenters. The lowest BCUT2D eigenvalue weighted by Crippen LogP contribution is -2.14. The fraction of sp³-hybridized carbons (Fsp3) is 0.240. The fourth-order valence-electron chi connectivity index (χ4n) is 2.92. The molecule has 0 aliphatic rings. The number of oxime groups is 1. The maximum atomic E-state index is 12.9. The lowest BCUT2D eigenvalue weighted by atomic mass is 9.94. The van der Waals surface area contributed by atoms with E-state index in [1.165, 1.54) is 30.5 Å². The second-order valence-electron chi connectivity index (χ2n) is 6.03. The molecular weight excluding hydrogens is 431 g/mol. The standard InChI is InChI=1S/C21H14F3N3O2.2C2H6/c1-3-26-29-12(2)18-19(14-5-7-15(8-6-14)21(22,23)24)16-10-13(11-25)4-9-17(16)27-20(18)28;2*1-2/h3-10H,2H2,1H3,(H,27,28);2*1-2H3/b26-3+;;. The monoisotopic (exact) mass is 457 g/mol. The van der Waals surface area contributed by atoms with Crippen LogP contribution in [0.1, 0.15) is 51.3 Å². The van der Waals surface area contributed by atoms with Gasteiger partial charge in [-0.15, -0.1) is 0 Å². The predicted molar refractivity (Wildman–Crippen MR) is 127 cm³/mol. The summed E-state index contributed by atoms with van der Waals surface area (Å²) in [4.78, 5) is 20.5. The molecule has 0 spiro atoms. The van der Waals surface area contributed by atoms with Crippen LogP contribution < -0.4 is 5.56 Å². The molecule has 8 heteroatoms. The zero-order valence-corrected chi connectivity index (χ0v) is 19.2. The number of H-pyrrole nitrogens is 1. The quantitative estimate of drug-likeness (QED) is 0.257. The van der Waals surface area contributed by atoms with Gasteiger partial charge in [-0.2, -0.15) is 18.4 Å². The molecule has 174 valence electrons. The van der Waals surface area contributed by atoms with Gasteiger partial charge in [-0.1, -0.05) is 51.6 Å². The van der Waals surface area contributed by atoms with E-state index in [-0.39, 0.29) is 11.3 Å². The third kappa shape index (κ3) is 6.32. The molecule has 1 aromatic heterocycles. The molecular formula is C25H26F3N3O2. The van der Waals surface area contributed by atoms with Crippen LogP contribution in [0.3, 0.4) is 0 Å². The molecule has 0 saturated heterocycles. The average molecular weight is 457 g/mol. The van der Waals surface area contributed by atoms with Crippen molar-refractivity contribution in [1.29, 1.82) is 5.26 Å². The number of rotatable bonds is 4. The number of hydrogen-bond acceptors (Lipinski definition) is 4. The Morgan fingerprint density at radius 1 is 1.12 bits per heavy atom. The van der Waals surface area contributed by atoms with Crippen LogP contribution in [0.4, 0.5) is 13.2 Å². The van der Waals surface area contributed by atoms with Crippen LogP contribution in [-0.4, -0.2) is 11.2 Å². The van der Waals surface area contributed by atoms with Gasteiger partial charge in [-0.3, -0.25) is 4.79 Å². The summed E-state index contributed by atoms with van der Waals surface area (Å²) in [5, 5.41) is 13.3. The molecule has 3 rings (SSSR count). The van der Waals surface area contributed by atoms with Gasteiger partial charge in [0.05, 0.1) is 22.8 Å². The summed E-state index contributed by atoms with van der Waals surface area (Å²) in [6.45, 7) is 13.3. The molecule has 0 radical (unpaired) electrons. The predicted octanol–water partition coefficient (Wildman–Crippen LogP) is 7.13. The molecule has 1 heterocycles. The lowest BCUT2D eigenvalue weighted by molar-refractivity contribution is -0.137. The van der Waals surface area contributed by atoms with E-state index in [1.54, 1.807) is 13.0 Å². The zero-order valence-electron chi connectivity index (χ0n) is 19.2. The molecule has 0 aliphatic carbocycles. The zero-order chi connectivity index (χ0) is 25.2. The van der Waals surface area contributed by atoms with Gasteiger partial charge < -0.3 is 9.82 Å². The van der Waals surface area contributed by atoms with Crippen molar-refractivity contribution in [3.63, 3.8) is 0 Å². The van der Waals surface area contributed by atoms with Crippen LogP contribution in [0.15, 0.2) is 59.0 Å². The number of nitrogens with one attached hydrogen (secondary N) is 1. The van der Waals surface area contributed by atoms with Crippen molar-refractivity contribution in [3.8, 4) is 17.2 Å². The Bertz CT molecular complexity index is 1220. The van der Waals surface area contributed by atoms with Crippen molar-refractivity contribution in [1.82, 2.24) is 4.98 Å². The highest BCUT2D eigenvalue weighted by molar-refractivity contribution is 5.99. The number of benzene rings is 2. The van der Waals surface area contributed by atoms with E-state index in [9.17, 15) is 23.2 Å². The second-order valence-corrected chi connectivity index (χ2v) is 6.03. The van der Waals surface area contributed by atoms with Crippen LogP contribution in [0.2, 0.25) is 0 Å². The van der Waals surface area contributed by atoms with Gasteiger partial charge in [0.15, 0.2) is 5.76 Å². The minimum absolute atomic E-state index is 0.0120. The molecule has 0 fully saturated rings. The SMILES string of the molecule is C=C(O/N=C/C)c1c(-c2ccc(C(F)(F)F)cc2)c2cc(C#N)ccc2[nH]c1=O.CC.CC. The van der Waals surface area contributed by atoms with E-state index in [0.717, 1.165) is 12.1 Å². The van der Waals surface area contributed by atoms with Crippen molar-refractivity contribution in [2.75, 3.05) is 0 Å². The fourth-order valence-corrected chi connectivity index (χ4v) is 2.92. The molecule has 2 aromatic carbocycles. The van der Waals surface area contributed by atoms with Gasteiger partial charge in [0.1, 0.15) is 0 Å². The molecule has 0 saturated carbocycles. The topological polar surface area (TPSA) is 78.2 Å². The first kappa shape index (κ1) is 27.2. The molecule has 3 aromatic rings. The third-order valence-electron chi connectivity index (χ3n) is 4.19. The van der Waals surface area contributed by atoms with E-state index in [4.69, 9.17) is 4.84 Å². The summed E-state index contributed by atoms with van der Waals surface area (Å²) in [7, 11) is 0. The Labute approximate surface area is 190 Å². The van der Waals surface area contributed by atoms with E-state index in [2.05, 4.69) is 16.7 Å². The number of fused-ring (bicyclic) bond motifs is 1. The molecule has 33 heavy (non-hydrogen) atoms. The molecule has 0 amide bonds. The highest BCUT2D eigenvalue weighted by atomic mass is 19.4. The Hall–Kier alpha value is -3.86. The Kier molecular flexibility index (Phi) is 10.1. The Balaban J connectivity index is 0.00000129. The first-order valence-electron chi connectivity index (χ1n) is 10.4. The van der Waals surface area contributed by atoms with Crippen LogP contribution in [-0.2, 0) is 11.0 Å². The smallest absolute Gasteiger partial charge is 0.357 e. The van der Waals surface area contributed by atoms with Gasteiger partial charge in [-0.25, -0.2) is 0 Å². The molecule has 1 N–H and O–H groups in total. The average Bonchev–Trinajstić information content (AvgIpc) is 2.83. The van der Waals surface area contributed by atoms with Gasteiger partial charge in [-0.05, 0) is 42.8 Å². The number of alkyl halides is 3. The number of nitriles is 1. The Morgan fingerprint density at radius 2 is 1.73 bits per heavy atom. The summed E-state index contributed by atoms with van der Waals surface area (Å²) < 4.78 is 38.8. The first-order chi connectivity index (χ1) is 15.8. The van der Waals surface area contributed by atoms with Gasteiger partial charge in [0.2, 0.25) is 0 Å². The number of nitrogens with zero attached hydrogens (tertiary/aromatic N) is 2.